The Labute approximate surface area is 179 Å². The zero-order valence-corrected chi connectivity index (χ0v) is 18.0. The molecule has 0 atom stereocenters. The van der Waals surface area contributed by atoms with Crippen LogP contribution in [-0.2, 0) is 6.42 Å². The topological polar surface area (TPSA) is 41.8 Å². The third-order valence-corrected chi connectivity index (χ3v) is 7.23. The van der Waals surface area contributed by atoms with Crippen molar-refractivity contribution in [2.75, 3.05) is 6.54 Å². The minimum absolute atomic E-state index is 0.720. The Kier molecular flexibility index (Phi) is 4.83. The fourth-order valence-electron chi connectivity index (χ4n) is 4.29. The van der Waals surface area contributed by atoms with Crippen LogP contribution in [0.5, 0.6) is 0 Å². The summed E-state index contributed by atoms with van der Waals surface area (Å²) in [5.41, 5.74) is 11.8. The van der Waals surface area contributed by atoms with E-state index in [0.29, 0.717) is 0 Å². The van der Waals surface area contributed by atoms with Crippen LogP contribution in [0.1, 0.15) is 24.0 Å². The fourth-order valence-corrected chi connectivity index (χ4v) is 5.65. The van der Waals surface area contributed by atoms with Crippen LogP contribution in [0.15, 0.2) is 54.6 Å². The molecule has 0 aliphatic rings. The number of nitrogens with two attached hydrogens (primary N) is 1. The van der Waals surface area contributed by atoms with Crippen LogP contribution in [0, 0.1) is 6.92 Å². The molecule has 29 heavy (non-hydrogen) atoms. The highest BCUT2D eigenvalue weighted by atomic mass is 35.5. The number of fused-ring (bicyclic) bond motifs is 4. The van der Waals surface area contributed by atoms with E-state index in [2.05, 4.69) is 60.4 Å². The predicted molar refractivity (Wildman–Crippen MR) is 128 cm³/mol. The van der Waals surface area contributed by atoms with Crippen molar-refractivity contribution in [1.29, 1.82) is 0 Å². The average molecular weight is 419 g/mol. The molecule has 0 aliphatic carbocycles. The number of H-pyrrole nitrogens is 1. The molecule has 4 heteroatoms. The zero-order valence-electron chi connectivity index (χ0n) is 16.4. The van der Waals surface area contributed by atoms with E-state index in [0.717, 1.165) is 41.7 Å². The van der Waals surface area contributed by atoms with Crippen LogP contribution >= 0.6 is 22.9 Å². The maximum absolute atomic E-state index is 6.66. The molecule has 2 aromatic heterocycles. The first-order valence-corrected chi connectivity index (χ1v) is 11.3. The Morgan fingerprint density at radius 2 is 1.79 bits per heavy atom. The van der Waals surface area contributed by atoms with E-state index >= 15 is 0 Å². The summed E-state index contributed by atoms with van der Waals surface area (Å²) in [7, 11) is 0. The van der Waals surface area contributed by atoms with E-state index < -0.39 is 0 Å². The van der Waals surface area contributed by atoms with Crippen molar-refractivity contribution in [2.45, 2.75) is 26.2 Å². The second kappa shape index (κ2) is 7.49. The second-order valence-electron chi connectivity index (χ2n) is 7.65. The summed E-state index contributed by atoms with van der Waals surface area (Å²) in [4.78, 5) is 3.71. The van der Waals surface area contributed by atoms with Gasteiger partial charge in [0.25, 0.3) is 0 Å². The Morgan fingerprint density at radius 3 is 2.66 bits per heavy atom. The van der Waals surface area contributed by atoms with E-state index in [-0.39, 0.29) is 0 Å². The fraction of sp³-hybridized carbons (Fsp3) is 0.200. The van der Waals surface area contributed by atoms with Crippen molar-refractivity contribution in [3.8, 4) is 11.3 Å². The molecule has 3 aromatic carbocycles. The lowest BCUT2D eigenvalue weighted by Crippen LogP contribution is -1.99. The Morgan fingerprint density at radius 1 is 0.966 bits per heavy atom. The van der Waals surface area contributed by atoms with E-state index in [4.69, 9.17) is 17.3 Å². The van der Waals surface area contributed by atoms with Gasteiger partial charge in [-0.1, -0.05) is 41.9 Å². The Hall–Kier alpha value is -2.33. The summed E-state index contributed by atoms with van der Waals surface area (Å²) >= 11 is 8.51. The van der Waals surface area contributed by atoms with Gasteiger partial charge in [-0.05, 0) is 73.7 Å². The second-order valence-corrected chi connectivity index (χ2v) is 9.14. The zero-order chi connectivity index (χ0) is 20.0. The summed E-state index contributed by atoms with van der Waals surface area (Å²) in [6.07, 6.45) is 3.05. The number of benzene rings is 3. The van der Waals surface area contributed by atoms with E-state index in [1.807, 2.05) is 17.4 Å². The average Bonchev–Trinajstić information content (AvgIpc) is 3.30. The first-order valence-electron chi connectivity index (χ1n) is 10.1. The van der Waals surface area contributed by atoms with Crippen LogP contribution in [-0.4, -0.2) is 11.5 Å². The van der Waals surface area contributed by atoms with Gasteiger partial charge in [0, 0.05) is 31.3 Å². The number of unbranched alkanes of at least 4 members (excludes halogenated alkanes) is 1. The van der Waals surface area contributed by atoms with Crippen molar-refractivity contribution in [3.63, 3.8) is 0 Å². The van der Waals surface area contributed by atoms with Gasteiger partial charge in [0.2, 0.25) is 0 Å². The standard InChI is InChI=1S/C25H23ClN2S/c1-15-9-11-20(26)23-18(7-4-5-13-27)25(28-24(15)23)16-10-12-22-19(14-16)17-6-2-3-8-21(17)29-22/h2-3,6,8-12,14,28H,4-5,7,13,27H2,1H3. The summed E-state index contributed by atoms with van der Waals surface area (Å²) < 4.78 is 2.66. The lowest BCUT2D eigenvalue weighted by Gasteiger charge is -2.07. The molecule has 5 aromatic rings. The number of nitrogens with one attached hydrogen (secondary N) is 1. The van der Waals surface area contributed by atoms with Gasteiger partial charge in [-0.3, -0.25) is 0 Å². The van der Waals surface area contributed by atoms with Gasteiger partial charge in [-0.2, -0.15) is 0 Å². The number of aromatic nitrogens is 1. The number of aromatic amines is 1. The van der Waals surface area contributed by atoms with Crippen molar-refractivity contribution in [1.82, 2.24) is 4.98 Å². The van der Waals surface area contributed by atoms with Crippen LogP contribution < -0.4 is 5.73 Å². The molecule has 0 spiro atoms. The quantitative estimate of drug-likeness (QED) is 0.286. The molecular weight excluding hydrogens is 396 g/mol. The highest BCUT2D eigenvalue weighted by Crippen LogP contribution is 2.40. The molecule has 2 nitrogen and oxygen atoms in total. The summed E-state index contributed by atoms with van der Waals surface area (Å²) in [6, 6.07) is 19.5. The molecule has 146 valence electrons. The van der Waals surface area contributed by atoms with Gasteiger partial charge in [-0.25, -0.2) is 0 Å². The lowest BCUT2D eigenvalue weighted by molar-refractivity contribution is 0.748. The van der Waals surface area contributed by atoms with Crippen molar-refractivity contribution < 1.29 is 0 Å². The van der Waals surface area contributed by atoms with Gasteiger partial charge in [0.05, 0.1) is 10.5 Å². The van der Waals surface area contributed by atoms with Crippen LogP contribution in [0.2, 0.25) is 5.02 Å². The lowest BCUT2D eigenvalue weighted by atomic mass is 9.98. The molecule has 5 rings (SSSR count). The Balaban J connectivity index is 1.75. The van der Waals surface area contributed by atoms with Crippen LogP contribution in [0.3, 0.4) is 0 Å². The maximum Gasteiger partial charge on any atom is 0.0506 e. The van der Waals surface area contributed by atoms with Gasteiger partial charge < -0.3 is 10.7 Å². The monoisotopic (exact) mass is 418 g/mol. The van der Waals surface area contributed by atoms with Gasteiger partial charge >= 0.3 is 0 Å². The smallest absolute Gasteiger partial charge is 0.0506 e. The van der Waals surface area contributed by atoms with Crippen molar-refractivity contribution >= 4 is 54.0 Å². The van der Waals surface area contributed by atoms with Crippen LogP contribution in [0.25, 0.3) is 42.3 Å². The first-order chi connectivity index (χ1) is 14.2. The highest BCUT2D eigenvalue weighted by molar-refractivity contribution is 7.25. The third kappa shape index (κ3) is 3.14. The number of hydrogen-bond donors (Lipinski definition) is 2. The highest BCUT2D eigenvalue weighted by Gasteiger charge is 2.17. The van der Waals surface area contributed by atoms with E-state index in [9.17, 15) is 0 Å². The molecule has 0 bridgehead atoms. The SMILES string of the molecule is Cc1ccc(Cl)c2c(CCCCN)c(-c3ccc4sc5ccccc5c4c3)[nH]c12. The van der Waals surface area contributed by atoms with Crippen LogP contribution in [0.4, 0.5) is 0 Å². The molecule has 0 saturated carbocycles. The summed E-state index contributed by atoms with van der Waals surface area (Å²) in [5, 5.41) is 4.62. The van der Waals surface area contributed by atoms with E-state index in [1.165, 1.54) is 42.6 Å². The van der Waals surface area contributed by atoms with Gasteiger partial charge in [0.1, 0.15) is 0 Å². The number of halogens is 1. The predicted octanol–water partition coefficient (Wildman–Crippen LogP) is 7.45. The molecule has 0 unspecified atom stereocenters. The number of thiophene rings is 1. The molecule has 0 aliphatic heterocycles. The Bertz CT molecular complexity index is 1350. The molecule has 2 heterocycles. The van der Waals surface area contributed by atoms with Gasteiger partial charge in [0.15, 0.2) is 0 Å². The minimum atomic E-state index is 0.720. The molecule has 0 amide bonds. The number of hydrogen-bond acceptors (Lipinski definition) is 2. The summed E-state index contributed by atoms with van der Waals surface area (Å²) in [6.45, 7) is 2.86. The molecule has 3 N–H and O–H groups in total. The minimum Gasteiger partial charge on any atom is -0.354 e. The van der Waals surface area contributed by atoms with Gasteiger partial charge in [-0.15, -0.1) is 11.3 Å². The maximum atomic E-state index is 6.66. The molecule has 0 radical (unpaired) electrons. The van der Waals surface area contributed by atoms with E-state index in [1.54, 1.807) is 0 Å². The molecule has 0 saturated heterocycles. The third-order valence-electron chi connectivity index (χ3n) is 5.76. The largest absolute Gasteiger partial charge is 0.354 e. The van der Waals surface area contributed by atoms with Crippen molar-refractivity contribution in [3.05, 3.63) is 70.7 Å². The first kappa shape index (κ1) is 18.7. The molecular formula is C25H23ClN2S. The normalized spacial score (nSPS) is 11.8. The number of aryl methyl sites for hydroxylation is 2. The van der Waals surface area contributed by atoms with Crippen molar-refractivity contribution in [2.24, 2.45) is 5.73 Å². The summed E-state index contributed by atoms with van der Waals surface area (Å²) in [5.74, 6) is 0. The number of rotatable bonds is 5. The molecule has 0 fully saturated rings.